The number of nitrogens with one attached hydrogen (secondary N) is 1. The van der Waals surface area contributed by atoms with Crippen LogP contribution < -0.4 is 5.32 Å². The normalized spacial score (nSPS) is 15.6. The molecule has 2 aromatic heterocycles. The molecule has 1 N–H and O–H groups in total. The highest BCUT2D eigenvalue weighted by molar-refractivity contribution is 7.15. The van der Waals surface area contributed by atoms with Crippen LogP contribution in [-0.2, 0) is 6.54 Å². The van der Waals surface area contributed by atoms with E-state index >= 15 is 0 Å². The average Bonchev–Trinajstić information content (AvgIpc) is 2.84. The maximum atomic E-state index is 4.47. The van der Waals surface area contributed by atoms with Gasteiger partial charge in [0.2, 0.25) is 0 Å². The van der Waals surface area contributed by atoms with Gasteiger partial charge < -0.3 is 9.88 Å². The van der Waals surface area contributed by atoms with Crippen LogP contribution in [0.25, 0.3) is 10.7 Å². The summed E-state index contributed by atoms with van der Waals surface area (Å²) in [6.07, 6.45) is 8.34. The minimum absolute atomic E-state index is 0.661. The summed E-state index contributed by atoms with van der Waals surface area (Å²) in [5.41, 5.74) is 1.16. The average molecular weight is 234 g/mol. The summed E-state index contributed by atoms with van der Waals surface area (Å²) in [5.74, 6) is 0. The number of aromatic nitrogens is 3. The first-order chi connectivity index (χ1) is 7.88. The van der Waals surface area contributed by atoms with Crippen LogP contribution in [0.4, 0.5) is 0 Å². The summed E-state index contributed by atoms with van der Waals surface area (Å²) in [6.45, 7) is 0.884. The Balaban J connectivity index is 1.91. The molecule has 0 bridgehead atoms. The summed E-state index contributed by atoms with van der Waals surface area (Å²) in [6, 6.07) is 0.661. The highest BCUT2D eigenvalue weighted by Gasteiger charge is 2.26. The number of imidazole rings is 1. The zero-order valence-corrected chi connectivity index (χ0v) is 10.00. The predicted octanol–water partition coefficient (Wildman–Crippen LogP) is 2.06. The van der Waals surface area contributed by atoms with Gasteiger partial charge in [0.1, 0.15) is 5.01 Å². The minimum Gasteiger partial charge on any atom is -0.326 e. The zero-order chi connectivity index (χ0) is 11.0. The molecular weight excluding hydrogens is 220 g/mol. The minimum atomic E-state index is 0.661. The molecule has 4 nitrogen and oxygen atoms in total. The van der Waals surface area contributed by atoms with E-state index in [2.05, 4.69) is 19.9 Å². The maximum absolute atomic E-state index is 4.47. The number of rotatable bonds is 4. The third-order valence-electron chi connectivity index (χ3n) is 2.73. The summed E-state index contributed by atoms with van der Waals surface area (Å²) >= 11 is 1.74. The Hall–Kier alpha value is -1.20. The van der Waals surface area contributed by atoms with Gasteiger partial charge in [-0.2, -0.15) is 0 Å². The Morgan fingerprint density at radius 2 is 2.38 bits per heavy atom. The van der Waals surface area contributed by atoms with E-state index in [0.717, 1.165) is 17.2 Å². The molecule has 2 heterocycles. The lowest BCUT2D eigenvalue weighted by molar-refractivity contribution is 0.747. The molecule has 0 amide bonds. The van der Waals surface area contributed by atoms with E-state index in [1.807, 2.05) is 25.8 Å². The summed E-state index contributed by atoms with van der Waals surface area (Å²) < 4.78 is 2.25. The van der Waals surface area contributed by atoms with Crippen molar-refractivity contribution in [2.45, 2.75) is 25.4 Å². The molecule has 1 saturated carbocycles. The topological polar surface area (TPSA) is 42.7 Å². The second-order valence-corrected chi connectivity index (χ2v) is 5.19. The van der Waals surface area contributed by atoms with E-state index in [1.54, 1.807) is 11.3 Å². The van der Waals surface area contributed by atoms with Gasteiger partial charge in [-0.15, -0.1) is 11.3 Å². The van der Waals surface area contributed by atoms with E-state index in [1.165, 1.54) is 17.7 Å². The van der Waals surface area contributed by atoms with Crippen LogP contribution in [0.15, 0.2) is 18.7 Å². The Labute approximate surface area is 98.4 Å². The van der Waals surface area contributed by atoms with Crippen molar-refractivity contribution in [3.05, 3.63) is 23.6 Å². The highest BCUT2D eigenvalue weighted by Crippen LogP contribution is 2.38. The second kappa shape index (κ2) is 3.99. The predicted molar refractivity (Wildman–Crippen MR) is 64.4 cm³/mol. The number of thiazole rings is 1. The van der Waals surface area contributed by atoms with Gasteiger partial charge in [-0.3, -0.25) is 0 Å². The van der Waals surface area contributed by atoms with Crippen molar-refractivity contribution in [3.63, 3.8) is 0 Å². The van der Waals surface area contributed by atoms with Crippen LogP contribution in [0.2, 0.25) is 0 Å². The van der Waals surface area contributed by atoms with Gasteiger partial charge in [0.25, 0.3) is 0 Å². The molecule has 0 unspecified atom stereocenters. The smallest absolute Gasteiger partial charge is 0.141 e. The fourth-order valence-electron chi connectivity index (χ4n) is 1.80. The quantitative estimate of drug-likeness (QED) is 0.880. The molecule has 5 heteroatoms. The van der Waals surface area contributed by atoms with Crippen molar-refractivity contribution in [1.29, 1.82) is 0 Å². The zero-order valence-electron chi connectivity index (χ0n) is 9.18. The fourth-order valence-corrected chi connectivity index (χ4v) is 2.73. The van der Waals surface area contributed by atoms with Gasteiger partial charge in [-0.25, -0.2) is 9.97 Å². The van der Waals surface area contributed by atoms with Crippen LogP contribution in [0.1, 0.15) is 23.8 Å². The Kier molecular flexibility index (Phi) is 2.49. The van der Waals surface area contributed by atoms with Crippen LogP contribution in [-0.4, -0.2) is 21.6 Å². The molecular formula is C11H14N4S. The third-order valence-corrected chi connectivity index (χ3v) is 3.75. The van der Waals surface area contributed by atoms with Crippen molar-refractivity contribution in [2.75, 3.05) is 7.05 Å². The molecule has 1 aliphatic carbocycles. The van der Waals surface area contributed by atoms with Gasteiger partial charge in [0, 0.05) is 23.7 Å². The molecule has 1 aliphatic rings. The van der Waals surface area contributed by atoms with E-state index in [-0.39, 0.29) is 0 Å². The molecule has 0 atom stereocenters. The lowest BCUT2D eigenvalue weighted by atomic mass is 10.4. The first-order valence-electron chi connectivity index (χ1n) is 5.50. The largest absolute Gasteiger partial charge is 0.326 e. The van der Waals surface area contributed by atoms with E-state index in [9.17, 15) is 0 Å². The molecule has 84 valence electrons. The van der Waals surface area contributed by atoms with Crippen LogP contribution in [0, 0.1) is 0 Å². The molecule has 0 saturated heterocycles. The second-order valence-electron chi connectivity index (χ2n) is 4.08. The van der Waals surface area contributed by atoms with Crippen LogP contribution >= 0.6 is 11.3 Å². The van der Waals surface area contributed by atoms with E-state index in [4.69, 9.17) is 0 Å². The standard InChI is InChI=1S/C11H14N4S/c1-12-4-9-5-14-11(16-9)10-6-13-7-15(10)8-2-3-8/h5-8,12H,2-4H2,1H3. The first kappa shape index (κ1) is 9.99. The van der Waals surface area contributed by atoms with Gasteiger partial charge in [0.15, 0.2) is 0 Å². The monoisotopic (exact) mass is 234 g/mol. The van der Waals surface area contributed by atoms with Crippen molar-refractivity contribution < 1.29 is 0 Å². The molecule has 0 spiro atoms. The lowest BCUT2D eigenvalue weighted by Gasteiger charge is -2.02. The molecule has 0 aromatic carbocycles. The molecule has 3 rings (SSSR count). The molecule has 16 heavy (non-hydrogen) atoms. The number of hydrogen-bond acceptors (Lipinski definition) is 4. The van der Waals surface area contributed by atoms with Crippen molar-refractivity contribution in [3.8, 4) is 10.7 Å². The SMILES string of the molecule is CNCc1cnc(-c2cncn2C2CC2)s1. The fraction of sp³-hybridized carbons (Fsp3) is 0.455. The van der Waals surface area contributed by atoms with Crippen LogP contribution in [0.5, 0.6) is 0 Å². The van der Waals surface area contributed by atoms with Gasteiger partial charge in [0.05, 0.1) is 18.2 Å². The van der Waals surface area contributed by atoms with Crippen molar-refractivity contribution in [1.82, 2.24) is 19.9 Å². The highest BCUT2D eigenvalue weighted by atomic mass is 32.1. The summed E-state index contributed by atoms with van der Waals surface area (Å²) in [4.78, 5) is 9.96. The Morgan fingerprint density at radius 3 is 3.12 bits per heavy atom. The first-order valence-corrected chi connectivity index (χ1v) is 6.31. The van der Waals surface area contributed by atoms with Crippen LogP contribution in [0.3, 0.4) is 0 Å². The lowest BCUT2D eigenvalue weighted by Crippen LogP contribution is -2.02. The van der Waals surface area contributed by atoms with Gasteiger partial charge in [-0.1, -0.05) is 0 Å². The van der Waals surface area contributed by atoms with E-state index < -0.39 is 0 Å². The van der Waals surface area contributed by atoms with Crippen molar-refractivity contribution in [2.24, 2.45) is 0 Å². The maximum Gasteiger partial charge on any atom is 0.141 e. The molecule has 0 aliphatic heterocycles. The summed E-state index contributed by atoms with van der Waals surface area (Å²) in [5, 5.41) is 4.22. The summed E-state index contributed by atoms with van der Waals surface area (Å²) in [7, 11) is 1.95. The van der Waals surface area contributed by atoms with Gasteiger partial charge in [-0.05, 0) is 19.9 Å². The number of hydrogen-bond donors (Lipinski definition) is 1. The molecule has 2 aromatic rings. The molecule has 1 fully saturated rings. The van der Waals surface area contributed by atoms with Gasteiger partial charge >= 0.3 is 0 Å². The van der Waals surface area contributed by atoms with E-state index in [0.29, 0.717) is 6.04 Å². The Morgan fingerprint density at radius 1 is 1.50 bits per heavy atom. The third kappa shape index (κ3) is 1.76. The van der Waals surface area contributed by atoms with Crippen molar-refractivity contribution >= 4 is 11.3 Å². The Bertz CT molecular complexity index is 484. The number of nitrogens with zero attached hydrogens (tertiary/aromatic N) is 3. The molecule has 0 radical (unpaired) electrons.